The number of anilines is 1. The molecule has 2 aliphatic rings. The van der Waals surface area contributed by atoms with Gasteiger partial charge in [0.25, 0.3) is 0 Å². The lowest BCUT2D eigenvalue weighted by molar-refractivity contribution is -0.120. The van der Waals surface area contributed by atoms with Crippen molar-refractivity contribution in [2.75, 3.05) is 45.2 Å². The summed E-state index contributed by atoms with van der Waals surface area (Å²) in [5.74, 6) is -0.548. The molecule has 0 bridgehead atoms. The summed E-state index contributed by atoms with van der Waals surface area (Å²) in [7, 11) is 0.334. The Balaban J connectivity index is 1.23. The fourth-order valence-corrected chi connectivity index (χ4v) is 8.82. The molecule has 3 amide bonds. The summed E-state index contributed by atoms with van der Waals surface area (Å²) >= 11 is 6.37. The van der Waals surface area contributed by atoms with Gasteiger partial charge in [0.1, 0.15) is 11.9 Å². The van der Waals surface area contributed by atoms with Crippen LogP contribution >= 0.6 is 11.6 Å². The molecule has 0 saturated carbocycles. The van der Waals surface area contributed by atoms with E-state index in [1.54, 1.807) is 15.9 Å². The lowest BCUT2D eigenvalue weighted by Gasteiger charge is -2.38. The number of nitrogens with zero attached hydrogens (tertiary/aromatic N) is 3. The van der Waals surface area contributed by atoms with Crippen LogP contribution in [0.5, 0.6) is 0 Å². The molecule has 0 spiro atoms. The van der Waals surface area contributed by atoms with Crippen molar-refractivity contribution >= 4 is 50.0 Å². The number of amides is 3. The van der Waals surface area contributed by atoms with Gasteiger partial charge >= 0.3 is 6.03 Å². The van der Waals surface area contributed by atoms with Crippen molar-refractivity contribution in [2.45, 2.75) is 41.9 Å². The number of halogens is 2. The molecule has 248 valence electrons. The first-order valence-corrected chi connectivity index (χ1v) is 17.8. The monoisotopic (exact) mass is 679 g/mol. The highest BCUT2D eigenvalue weighted by atomic mass is 35.5. The van der Waals surface area contributed by atoms with E-state index in [-0.39, 0.29) is 49.1 Å². The number of carbonyl (C=O) groups excluding carboxylic acids is 2. The molecule has 0 unspecified atom stereocenters. The maximum atomic E-state index is 14.6. The fraction of sp³-hybridized carbons (Fsp3) is 0.371. The smallest absolute Gasteiger partial charge is 0.318 e. The van der Waals surface area contributed by atoms with Gasteiger partial charge in [-0.15, -0.1) is 0 Å². The van der Waals surface area contributed by atoms with Crippen LogP contribution in [0.15, 0.2) is 77.8 Å². The number of H-pyrrole nitrogens is 1. The van der Waals surface area contributed by atoms with E-state index in [0.29, 0.717) is 11.6 Å². The number of carbonyl (C=O) groups is 2. The molecule has 0 aliphatic carbocycles. The van der Waals surface area contributed by atoms with Crippen LogP contribution in [0.25, 0.3) is 10.9 Å². The van der Waals surface area contributed by atoms with Gasteiger partial charge in [-0.2, -0.15) is 0 Å². The number of likely N-dealkylation sites (tertiary alicyclic amines) is 1. The number of aromatic nitrogens is 1. The molecule has 12 heteroatoms. The van der Waals surface area contributed by atoms with Crippen molar-refractivity contribution in [3.8, 4) is 0 Å². The predicted molar refractivity (Wildman–Crippen MR) is 182 cm³/mol. The van der Waals surface area contributed by atoms with Crippen LogP contribution in [0.4, 0.5) is 14.9 Å². The normalized spacial score (nSPS) is 17.9. The Kier molecular flexibility index (Phi) is 9.59. The Hall–Kier alpha value is -3.93. The number of benzene rings is 3. The SMILES string of the molecule is CN(C)C[C@H]1Cc2cc(Cl)ccc2N(C(=O)[C@@H](Cc2c[nH]c3ccccc23)NC(=O)N2CCC(S(=O)(=O)c3ccc(F)cc3)CC2)C1. The summed E-state index contributed by atoms with van der Waals surface area (Å²) in [6, 6.07) is 16.9. The third-order valence-electron chi connectivity index (χ3n) is 9.18. The summed E-state index contributed by atoms with van der Waals surface area (Å²) in [5, 5.41) is 3.92. The molecular weight excluding hydrogens is 641 g/mol. The fourth-order valence-electron chi connectivity index (χ4n) is 6.90. The van der Waals surface area contributed by atoms with Crippen LogP contribution in [0, 0.1) is 11.7 Å². The molecule has 4 aromatic rings. The first kappa shape index (κ1) is 33.0. The summed E-state index contributed by atoms with van der Waals surface area (Å²) in [6.07, 6.45) is 3.40. The topological polar surface area (TPSA) is 106 Å². The molecule has 9 nitrogen and oxygen atoms in total. The minimum Gasteiger partial charge on any atom is -0.361 e. The number of fused-ring (bicyclic) bond motifs is 2. The Labute approximate surface area is 279 Å². The highest BCUT2D eigenvalue weighted by molar-refractivity contribution is 7.92. The maximum absolute atomic E-state index is 14.6. The second-order valence-electron chi connectivity index (χ2n) is 12.8. The van der Waals surface area contributed by atoms with Gasteiger partial charge in [-0.3, -0.25) is 4.79 Å². The van der Waals surface area contributed by atoms with Gasteiger partial charge in [0, 0.05) is 60.4 Å². The van der Waals surface area contributed by atoms with Crippen LogP contribution in [-0.4, -0.2) is 86.7 Å². The number of nitrogens with one attached hydrogen (secondary N) is 2. The third kappa shape index (κ3) is 7.17. The van der Waals surface area contributed by atoms with E-state index in [1.165, 1.54) is 12.1 Å². The van der Waals surface area contributed by atoms with Gasteiger partial charge in [-0.25, -0.2) is 17.6 Å². The molecule has 3 heterocycles. The molecule has 2 aliphatic heterocycles. The molecule has 1 saturated heterocycles. The molecule has 47 heavy (non-hydrogen) atoms. The van der Waals surface area contributed by atoms with Crippen molar-refractivity contribution in [3.63, 3.8) is 0 Å². The molecule has 6 rings (SSSR count). The summed E-state index contributed by atoms with van der Waals surface area (Å²) in [6.45, 7) is 1.70. The van der Waals surface area contributed by atoms with E-state index in [2.05, 4.69) is 15.2 Å². The van der Waals surface area contributed by atoms with Gasteiger partial charge in [0.2, 0.25) is 5.91 Å². The van der Waals surface area contributed by atoms with Crippen LogP contribution in [0.1, 0.15) is 24.0 Å². The first-order valence-electron chi connectivity index (χ1n) is 15.8. The first-order chi connectivity index (χ1) is 22.5. The second-order valence-corrected chi connectivity index (χ2v) is 15.5. The summed E-state index contributed by atoms with van der Waals surface area (Å²) in [5.41, 5.74) is 3.62. The molecule has 1 fully saturated rings. The number of aromatic amines is 1. The van der Waals surface area contributed by atoms with Crippen LogP contribution in [-0.2, 0) is 27.5 Å². The van der Waals surface area contributed by atoms with E-state index in [1.807, 2.05) is 56.7 Å². The van der Waals surface area contributed by atoms with Gasteiger partial charge in [0.05, 0.1) is 10.1 Å². The lowest BCUT2D eigenvalue weighted by Crippen LogP contribution is -2.56. The van der Waals surface area contributed by atoms with E-state index in [4.69, 9.17) is 11.6 Å². The van der Waals surface area contributed by atoms with E-state index >= 15 is 0 Å². The number of para-hydroxylation sites is 1. The number of hydrogen-bond donors (Lipinski definition) is 2. The minimum absolute atomic E-state index is 0.0712. The van der Waals surface area contributed by atoms with E-state index in [0.717, 1.165) is 52.8 Å². The number of rotatable bonds is 8. The quantitative estimate of drug-likeness (QED) is 0.247. The van der Waals surface area contributed by atoms with Crippen molar-refractivity contribution < 1.29 is 22.4 Å². The number of sulfone groups is 1. The highest BCUT2D eigenvalue weighted by Crippen LogP contribution is 2.33. The van der Waals surface area contributed by atoms with E-state index in [9.17, 15) is 22.4 Å². The minimum atomic E-state index is -3.68. The van der Waals surface area contributed by atoms with Crippen molar-refractivity contribution in [1.29, 1.82) is 0 Å². The zero-order chi connectivity index (χ0) is 33.3. The lowest BCUT2D eigenvalue weighted by atomic mass is 9.91. The number of piperidine rings is 1. The molecule has 0 radical (unpaired) electrons. The Morgan fingerprint density at radius 3 is 2.51 bits per heavy atom. The Morgan fingerprint density at radius 1 is 1.06 bits per heavy atom. The van der Waals surface area contributed by atoms with Crippen LogP contribution < -0.4 is 10.2 Å². The summed E-state index contributed by atoms with van der Waals surface area (Å²) in [4.78, 5) is 37.1. The molecule has 3 aromatic carbocycles. The van der Waals surface area contributed by atoms with Gasteiger partial charge in [-0.1, -0.05) is 29.8 Å². The molecule has 2 atom stereocenters. The Bertz CT molecular complexity index is 1870. The van der Waals surface area contributed by atoms with Gasteiger partial charge < -0.3 is 25.0 Å². The van der Waals surface area contributed by atoms with Crippen molar-refractivity contribution in [3.05, 3.63) is 94.9 Å². The average molecular weight is 680 g/mol. The highest BCUT2D eigenvalue weighted by Gasteiger charge is 2.37. The second kappa shape index (κ2) is 13.7. The average Bonchev–Trinajstić information content (AvgIpc) is 3.46. The number of hydrogen-bond acceptors (Lipinski definition) is 5. The maximum Gasteiger partial charge on any atom is 0.318 e. The van der Waals surface area contributed by atoms with Gasteiger partial charge in [-0.05, 0) is 98.9 Å². The van der Waals surface area contributed by atoms with Crippen molar-refractivity contribution in [2.24, 2.45) is 5.92 Å². The zero-order valence-corrected chi connectivity index (χ0v) is 28.0. The summed E-state index contributed by atoms with van der Waals surface area (Å²) < 4.78 is 39.8. The van der Waals surface area contributed by atoms with E-state index < -0.39 is 33.0 Å². The van der Waals surface area contributed by atoms with Crippen LogP contribution in [0.3, 0.4) is 0 Å². The standard InChI is InChI=1S/C35H39ClFN5O4S/c1-40(2)21-23-17-24-18-26(36)7-12-33(24)42(22-23)34(43)32(19-25-20-38-31-6-4-3-5-30(25)31)39-35(44)41-15-13-29(14-16-41)47(45,46)28-10-8-27(37)9-11-28/h3-12,18,20,23,29,32,38H,13-17,19,21-22H2,1-2H3,(H,39,44)/t23-,32-/m1/s1. The molecular formula is C35H39ClFN5O4S. The van der Waals surface area contributed by atoms with Crippen molar-refractivity contribution in [1.82, 2.24) is 20.1 Å². The third-order valence-corrected chi connectivity index (χ3v) is 11.7. The molecule has 2 N–H and O–H groups in total. The largest absolute Gasteiger partial charge is 0.361 e. The molecule has 1 aromatic heterocycles. The number of urea groups is 1. The Morgan fingerprint density at radius 2 is 1.79 bits per heavy atom. The zero-order valence-electron chi connectivity index (χ0n) is 26.5. The predicted octanol–water partition coefficient (Wildman–Crippen LogP) is 5.29. The van der Waals surface area contributed by atoms with Crippen LogP contribution in [0.2, 0.25) is 5.02 Å². The van der Waals surface area contributed by atoms with Gasteiger partial charge in [0.15, 0.2) is 9.84 Å².